The fraction of sp³-hybridized carbons (Fsp3) is 0.722. The van der Waals surface area contributed by atoms with E-state index < -0.39 is 0 Å². The first kappa shape index (κ1) is 15.8. The quantitative estimate of drug-likeness (QED) is 0.411. The van der Waals surface area contributed by atoms with Crippen LogP contribution in [0.3, 0.4) is 0 Å². The first-order chi connectivity index (χ1) is 10.8. The summed E-state index contributed by atoms with van der Waals surface area (Å²) in [5.74, 6) is 0.611. The van der Waals surface area contributed by atoms with E-state index in [0.717, 1.165) is 57.3 Å². The van der Waals surface area contributed by atoms with Gasteiger partial charge in [0.15, 0.2) is 6.29 Å². The summed E-state index contributed by atoms with van der Waals surface area (Å²) in [5, 5.41) is 0. The number of esters is 1. The van der Waals surface area contributed by atoms with Gasteiger partial charge in [-0.25, -0.2) is 4.79 Å². The van der Waals surface area contributed by atoms with Crippen molar-refractivity contribution in [1.29, 1.82) is 0 Å². The lowest BCUT2D eigenvalue weighted by molar-refractivity contribution is -0.162. The van der Waals surface area contributed by atoms with Crippen molar-refractivity contribution < 1.29 is 19.0 Å². The van der Waals surface area contributed by atoms with Crippen LogP contribution in [0, 0.1) is 11.8 Å². The van der Waals surface area contributed by atoms with E-state index in [-0.39, 0.29) is 12.3 Å². The Labute approximate surface area is 132 Å². The fourth-order valence-corrected chi connectivity index (χ4v) is 3.80. The Balaban J connectivity index is 1.42. The van der Waals surface area contributed by atoms with Gasteiger partial charge in [0.1, 0.15) is 0 Å². The number of unbranched alkanes of at least 4 members (excludes halogenated alkanes) is 1. The number of carbonyl (C=O) groups is 1. The first-order valence-corrected chi connectivity index (χ1v) is 8.52. The molecule has 1 aliphatic heterocycles. The maximum Gasteiger partial charge on any atom is 0.334 e. The van der Waals surface area contributed by atoms with Gasteiger partial charge < -0.3 is 14.2 Å². The van der Waals surface area contributed by atoms with Crippen LogP contribution in [0.25, 0.3) is 0 Å². The van der Waals surface area contributed by atoms with Crippen LogP contribution in [0.5, 0.6) is 0 Å². The van der Waals surface area contributed by atoms with E-state index in [4.69, 9.17) is 14.2 Å². The van der Waals surface area contributed by atoms with Gasteiger partial charge in [-0.05, 0) is 50.9 Å². The van der Waals surface area contributed by atoms with Crippen molar-refractivity contribution in [3.8, 4) is 0 Å². The molecule has 2 aliphatic carbocycles. The molecule has 0 saturated carbocycles. The van der Waals surface area contributed by atoms with Gasteiger partial charge in [-0.3, -0.25) is 0 Å². The number of carbonyl (C=O) groups excluding carboxylic acids is 1. The third-order valence-electron chi connectivity index (χ3n) is 4.94. The Kier molecular flexibility index (Phi) is 5.32. The molecule has 3 rings (SSSR count). The summed E-state index contributed by atoms with van der Waals surface area (Å²) in [6.07, 6.45) is 11.9. The standard InChI is InChI=1S/C18H26O4/c1-20-18(19)17-14-9-8-13(12-14)15(17)6-2-4-10-21-16-7-3-5-11-22-16/h8-9,13-14,16H,2-7,10-12H2,1H3. The molecule has 3 unspecified atom stereocenters. The van der Waals surface area contributed by atoms with Gasteiger partial charge in [0.05, 0.1) is 7.11 Å². The molecular weight excluding hydrogens is 280 g/mol. The molecule has 1 saturated heterocycles. The van der Waals surface area contributed by atoms with E-state index in [1.807, 2.05) is 0 Å². The SMILES string of the molecule is COC(=O)C1=C(CCCCOC2CCCCO2)C2C=CC1C2. The molecule has 2 bridgehead atoms. The Bertz CT molecular complexity index is 460. The van der Waals surface area contributed by atoms with Gasteiger partial charge in [-0.2, -0.15) is 0 Å². The minimum atomic E-state index is -0.140. The average molecular weight is 306 g/mol. The molecule has 122 valence electrons. The zero-order valence-electron chi connectivity index (χ0n) is 13.4. The van der Waals surface area contributed by atoms with Crippen molar-refractivity contribution in [2.75, 3.05) is 20.3 Å². The van der Waals surface area contributed by atoms with Crippen LogP contribution < -0.4 is 0 Å². The molecule has 4 nitrogen and oxygen atoms in total. The van der Waals surface area contributed by atoms with Crippen molar-refractivity contribution >= 4 is 5.97 Å². The Morgan fingerprint density at radius 3 is 2.91 bits per heavy atom. The molecule has 0 spiro atoms. The molecule has 3 atom stereocenters. The molecule has 4 heteroatoms. The van der Waals surface area contributed by atoms with Crippen LogP contribution in [0.15, 0.2) is 23.3 Å². The molecule has 3 aliphatic rings. The average Bonchev–Trinajstić information content (AvgIpc) is 3.16. The van der Waals surface area contributed by atoms with Crippen LogP contribution in [0.4, 0.5) is 0 Å². The van der Waals surface area contributed by atoms with Crippen molar-refractivity contribution in [2.45, 2.75) is 51.2 Å². The lowest BCUT2D eigenvalue weighted by Gasteiger charge is -2.22. The first-order valence-electron chi connectivity index (χ1n) is 8.52. The second-order valence-electron chi connectivity index (χ2n) is 6.39. The lowest BCUT2D eigenvalue weighted by Crippen LogP contribution is -2.22. The highest BCUT2D eigenvalue weighted by Crippen LogP contribution is 2.46. The normalized spacial score (nSPS) is 30.1. The molecule has 0 radical (unpaired) electrons. The number of methoxy groups -OCH3 is 1. The third-order valence-corrected chi connectivity index (χ3v) is 4.94. The zero-order chi connectivity index (χ0) is 15.4. The molecule has 22 heavy (non-hydrogen) atoms. The van der Waals surface area contributed by atoms with E-state index in [1.54, 1.807) is 0 Å². The Morgan fingerprint density at radius 2 is 2.14 bits per heavy atom. The van der Waals surface area contributed by atoms with Crippen LogP contribution in [0.2, 0.25) is 0 Å². The molecule has 1 fully saturated rings. The van der Waals surface area contributed by atoms with E-state index in [1.165, 1.54) is 19.1 Å². The minimum Gasteiger partial charge on any atom is -0.466 e. The van der Waals surface area contributed by atoms with Gasteiger partial charge in [0, 0.05) is 24.7 Å². The minimum absolute atomic E-state index is 0.00372. The van der Waals surface area contributed by atoms with Crippen LogP contribution >= 0.6 is 0 Å². The largest absolute Gasteiger partial charge is 0.466 e. The topological polar surface area (TPSA) is 44.8 Å². The van der Waals surface area contributed by atoms with Gasteiger partial charge in [-0.1, -0.05) is 17.7 Å². The Morgan fingerprint density at radius 1 is 1.27 bits per heavy atom. The maximum atomic E-state index is 12.0. The summed E-state index contributed by atoms with van der Waals surface area (Å²) in [4.78, 5) is 12.0. The van der Waals surface area contributed by atoms with Crippen molar-refractivity contribution in [1.82, 2.24) is 0 Å². The summed E-state index contributed by atoms with van der Waals surface area (Å²) >= 11 is 0. The monoisotopic (exact) mass is 306 g/mol. The zero-order valence-corrected chi connectivity index (χ0v) is 13.4. The molecule has 0 N–H and O–H groups in total. The van der Waals surface area contributed by atoms with E-state index in [0.29, 0.717) is 11.8 Å². The number of fused-ring (bicyclic) bond motifs is 2. The number of ether oxygens (including phenoxy) is 3. The van der Waals surface area contributed by atoms with Crippen LogP contribution in [-0.4, -0.2) is 32.6 Å². The molecule has 0 aromatic heterocycles. The maximum absolute atomic E-state index is 12.0. The van der Waals surface area contributed by atoms with Crippen molar-refractivity contribution in [3.63, 3.8) is 0 Å². The van der Waals surface area contributed by atoms with Gasteiger partial charge >= 0.3 is 5.97 Å². The van der Waals surface area contributed by atoms with Gasteiger partial charge in [-0.15, -0.1) is 0 Å². The van der Waals surface area contributed by atoms with Crippen molar-refractivity contribution in [2.24, 2.45) is 11.8 Å². The highest BCUT2D eigenvalue weighted by molar-refractivity contribution is 5.91. The summed E-state index contributed by atoms with van der Waals surface area (Å²) in [6, 6.07) is 0. The molecule has 0 aromatic carbocycles. The van der Waals surface area contributed by atoms with Gasteiger partial charge in [0.2, 0.25) is 0 Å². The number of hydrogen-bond acceptors (Lipinski definition) is 4. The van der Waals surface area contributed by atoms with Gasteiger partial charge in [0.25, 0.3) is 0 Å². The molecule has 1 heterocycles. The summed E-state index contributed by atoms with van der Waals surface area (Å²) in [5.41, 5.74) is 2.22. The lowest BCUT2D eigenvalue weighted by atomic mass is 9.93. The van der Waals surface area contributed by atoms with Crippen LogP contribution in [-0.2, 0) is 19.0 Å². The number of rotatable bonds is 7. The van der Waals surface area contributed by atoms with Crippen molar-refractivity contribution in [3.05, 3.63) is 23.3 Å². The highest BCUT2D eigenvalue weighted by Gasteiger charge is 2.38. The Hall–Kier alpha value is -1.13. The second-order valence-corrected chi connectivity index (χ2v) is 6.39. The fourth-order valence-electron chi connectivity index (χ4n) is 3.80. The third kappa shape index (κ3) is 3.44. The smallest absolute Gasteiger partial charge is 0.334 e. The van der Waals surface area contributed by atoms with Crippen LogP contribution in [0.1, 0.15) is 44.9 Å². The number of allylic oxidation sites excluding steroid dienone is 3. The van der Waals surface area contributed by atoms with E-state index in [9.17, 15) is 4.79 Å². The summed E-state index contributed by atoms with van der Waals surface area (Å²) in [7, 11) is 1.47. The second kappa shape index (κ2) is 7.42. The highest BCUT2D eigenvalue weighted by atomic mass is 16.7. The molecular formula is C18H26O4. The molecule has 0 aromatic rings. The summed E-state index contributed by atoms with van der Waals surface area (Å²) in [6.45, 7) is 1.57. The predicted molar refractivity (Wildman–Crippen MR) is 83.2 cm³/mol. The molecule has 0 amide bonds. The van der Waals surface area contributed by atoms with E-state index in [2.05, 4.69) is 12.2 Å². The predicted octanol–water partition coefficient (Wildman–Crippen LogP) is 3.38. The van der Waals surface area contributed by atoms with E-state index >= 15 is 0 Å². The summed E-state index contributed by atoms with van der Waals surface area (Å²) < 4.78 is 16.3. The number of hydrogen-bond donors (Lipinski definition) is 0.